The zero-order valence-corrected chi connectivity index (χ0v) is 14.8. The molecule has 0 bridgehead atoms. The summed E-state index contributed by atoms with van der Waals surface area (Å²) in [6.07, 6.45) is 9.66. The topological polar surface area (TPSA) is 89.6 Å². The molecule has 0 unspecified atom stereocenters. The zero-order valence-electron chi connectivity index (χ0n) is 14.8. The van der Waals surface area contributed by atoms with Crippen LogP contribution in [0.2, 0.25) is 0 Å². The van der Waals surface area contributed by atoms with E-state index in [2.05, 4.69) is 31.7 Å². The third-order valence-electron chi connectivity index (χ3n) is 5.50. The van der Waals surface area contributed by atoms with Crippen LogP contribution in [0.5, 0.6) is 0 Å². The molecule has 0 saturated heterocycles. The lowest BCUT2D eigenvalue weighted by molar-refractivity contribution is -0.389. The average molecular weight is 361 g/mol. The van der Waals surface area contributed by atoms with Gasteiger partial charge >= 0.3 is 5.82 Å². The summed E-state index contributed by atoms with van der Waals surface area (Å²) in [6.45, 7) is 0. The maximum absolute atomic E-state index is 11.2. The lowest BCUT2D eigenvalue weighted by Crippen LogP contribution is -2.14. The number of nitrogens with zero attached hydrogens (tertiary/aromatic N) is 4. The maximum atomic E-state index is 11.2. The predicted molar refractivity (Wildman–Crippen MR) is 104 cm³/mol. The monoisotopic (exact) mass is 361 g/mol. The van der Waals surface area contributed by atoms with Gasteiger partial charge in [-0.25, -0.2) is 4.98 Å². The van der Waals surface area contributed by atoms with Crippen molar-refractivity contribution in [2.75, 3.05) is 0 Å². The fourth-order valence-corrected chi connectivity index (χ4v) is 4.30. The average Bonchev–Trinajstić information content (AvgIpc) is 3.32. The summed E-state index contributed by atoms with van der Waals surface area (Å²) in [5.41, 5.74) is 3.55. The molecule has 7 heteroatoms. The van der Waals surface area contributed by atoms with Gasteiger partial charge in [-0.2, -0.15) is 0 Å². The minimum atomic E-state index is -0.441. The number of rotatable bonds is 3. The summed E-state index contributed by atoms with van der Waals surface area (Å²) in [5, 5.41) is 13.3. The molecule has 0 atom stereocenters. The van der Waals surface area contributed by atoms with Crippen LogP contribution in [0.25, 0.3) is 33.3 Å². The SMILES string of the molecule is O=[N+]([O-])c1cccc(-c2cc3cnc4[nH]ccc4c3n2C2CCCCC2)n1. The molecule has 7 nitrogen and oxygen atoms in total. The number of pyridine rings is 2. The Morgan fingerprint density at radius 3 is 2.85 bits per heavy atom. The molecule has 1 fully saturated rings. The van der Waals surface area contributed by atoms with Crippen molar-refractivity contribution >= 4 is 27.8 Å². The first-order valence-electron chi connectivity index (χ1n) is 9.31. The van der Waals surface area contributed by atoms with Gasteiger partial charge in [-0.3, -0.25) is 0 Å². The summed E-state index contributed by atoms with van der Waals surface area (Å²) in [4.78, 5) is 22.8. The highest BCUT2D eigenvalue weighted by atomic mass is 16.6. The Kier molecular flexibility index (Phi) is 3.67. The molecule has 0 aliphatic heterocycles. The van der Waals surface area contributed by atoms with Gasteiger partial charge < -0.3 is 19.7 Å². The van der Waals surface area contributed by atoms with Gasteiger partial charge in [-0.1, -0.05) is 19.3 Å². The Morgan fingerprint density at radius 2 is 2.04 bits per heavy atom. The Bertz CT molecular complexity index is 1150. The molecule has 4 heterocycles. The molecule has 1 aliphatic carbocycles. The number of aromatic amines is 1. The van der Waals surface area contributed by atoms with Crippen molar-refractivity contribution in [3.63, 3.8) is 0 Å². The number of hydrogen-bond acceptors (Lipinski definition) is 4. The van der Waals surface area contributed by atoms with Crippen LogP contribution in [0.4, 0.5) is 5.82 Å². The predicted octanol–water partition coefficient (Wildman–Crippen LogP) is 4.99. The normalized spacial score (nSPS) is 15.6. The minimum Gasteiger partial charge on any atom is -0.358 e. The van der Waals surface area contributed by atoms with Crippen molar-refractivity contribution in [1.29, 1.82) is 0 Å². The van der Waals surface area contributed by atoms with Gasteiger partial charge in [-0.15, -0.1) is 0 Å². The van der Waals surface area contributed by atoms with Crippen molar-refractivity contribution in [3.8, 4) is 11.4 Å². The van der Waals surface area contributed by atoms with Crippen LogP contribution < -0.4 is 0 Å². The Morgan fingerprint density at radius 1 is 1.19 bits per heavy atom. The number of nitrogens with one attached hydrogen (secondary N) is 1. The molecule has 4 aromatic heterocycles. The standard InChI is InChI=1S/C20H19N5O2/c26-25(27)18-8-4-7-16(23-18)17-11-13-12-22-20-15(9-10-21-20)19(13)24(17)14-5-2-1-3-6-14/h4,7-12,14H,1-3,5-6H2,(H,21,22). The van der Waals surface area contributed by atoms with E-state index in [-0.39, 0.29) is 5.82 Å². The van der Waals surface area contributed by atoms with Crippen molar-refractivity contribution in [2.24, 2.45) is 0 Å². The van der Waals surface area contributed by atoms with E-state index in [0.717, 1.165) is 40.5 Å². The van der Waals surface area contributed by atoms with Crippen LogP contribution in [0.1, 0.15) is 38.1 Å². The Hall–Kier alpha value is -3.22. The molecule has 4 aromatic rings. The quantitative estimate of drug-likeness (QED) is 0.411. The van der Waals surface area contributed by atoms with Gasteiger partial charge in [0.2, 0.25) is 0 Å². The molecule has 1 aliphatic rings. The maximum Gasteiger partial charge on any atom is 0.364 e. The van der Waals surface area contributed by atoms with Crippen LogP contribution in [0.3, 0.4) is 0 Å². The van der Waals surface area contributed by atoms with Crippen LogP contribution in [0.15, 0.2) is 42.7 Å². The second-order valence-corrected chi connectivity index (χ2v) is 7.13. The molecule has 27 heavy (non-hydrogen) atoms. The van der Waals surface area contributed by atoms with E-state index in [1.54, 1.807) is 6.07 Å². The molecule has 1 N–H and O–H groups in total. The molecular weight excluding hydrogens is 342 g/mol. The second kappa shape index (κ2) is 6.19. The molecule has 0 spiro atoms. The van der Waals surface area contributed by atoms with Crippen LogP contribution in [0, 0.1) is 10.1 Å². The molecule has 5 rings (SSSR count). The third-order valence-corrected chi connectivity index (χ3v) is 5.50. The highest BCUT2D eigenvalue weighted by Crippen LogP contribution is 2.39. The van der Waals surface area contributed by atoms with E-state index in [1.807, 2.05) is 18.5 Å². The summed E-state index contributed by atoms with van der Waals surface area (Å²) < 4.78 is 2.35. The number of fused-ring (bicyclic) bond motifs is 3. The van der Waals surface area contributed by atoms with Crippen molar-refractivity contribution in [1.82, 2.24) is 19.5 Å². The molecule has 1 saturated carbocycles. The molecule has 136 valence electrons. The van der Waals surface area contributed by atoms with Gasteiger partial charge in [0.05, 0.1) is 11.2 Å². The molecule has 0 radical (unpaired) electrons. The first kappa shape index (κ1) is 16.0. The van der Waals surface area contributed by atoms with Crippen LogP contribution >= 0.6 is 0 Å². The zero-order chi connectivity index (χ0) is 18.4. The number of H-pyrrole nitrogens is 1. The van der Waals surface area contributed by atoms with E-state index < -0.39 is 4.92 Å². The van der Waals surface area contributed by atoms with E-state index in [1.165, 1.54) is 25.3 Å². The first-order chi connectivity index (χ1) is 13.2. The Balaban J connectivity index is 1.81. The summed E-state index contributed by atoms with van der Waals surface area (Å²) in [7, 11) is 0. The van der Waals surface area contributed by atoms with Crippen molar-refractivity contribution in [3.05, 3.63) is 52.8 Å². The van der Waals surface area contributed by atoms with Crippen molar-refractivity contribution in [2.45, 2.75) is 38.1 Å². The Labute approximate surface area is 155 Å². The molecular formula is C20H19N5O2. The van der Waals surface area contributed by atoms with Gasteiger partial charge in [-0.05, 0) is 47.0 Å². The van der Waals surface area contributed by atoms with E-state index in [0.29, 0.717) is 11.7 Å². The number of aromatic nitrogens is 4. The minimum absolute atomic E-state index is 0.127. The van der Waals surface area contributed by atoms with E-state index in [4.69, 9.17) is 0 Å². The fraction of sp³-hybridized carbons (Fsp3) is 0.300. The summed E-state index contributed by atoms with van der Waals surface area (Å²) in [6, 6.07) is 9.47. The largest absolute Gasteiger partial charge is 0.364 e. The van der Waals surface area contributed by atoms with Crippen molar-refractivity contribution < 1.29 is 4.92 Å². The number of nitro groups is 1. The summed E-state index contributed by atoms with van der Waals surface area (Å²) >= 11 is 0. The fourth-order valence-electron chi connectivity index (χ4n) is 4.30. The smallest absolute Gasteiger partial charge is 0.358 e. The third kappa shape index (κ3) is 2.58. The molecule has 0 amide bonds. The van der Waals surface area contributed by atoms with Gasteiger partial charge in [0, 0.05) is 35.3 Å². The second-order valence-electron chi connectivity index (χ2n) is 7.13. The van der Waals surface area contributed by atoms with E-state index in [9.17, 15) is 10.1 Å². The van der Waals surface area contributed by atoms with Gasteiger partial charge in [0.25, 0.3) is 0 Å². The van der Waals surface area contributed by atoms with Gasteiger partial charge in [0.15, 0.2) is 5.69 Å². The lowest BCUT2D eigenvalue weighted by atomic mass is 9.95. The van der Waals surface area contributed by atoms with Crippen LogP contribution in [-0.4, -0.2) is 24.4 Å². The molecule has 0 aromatic carbocycles. The van der Waals surface area contributed by atoms with Gasteiger partial charge in [0.1, 0.15) is 5.65 Å². The highest BCUT2D eigenvalue weighted by molar-refractivity contribution is 6.04. The highest BCUT2D eigenvalue weighted by Gasteiger charge is 2.25. The summed E-state index contributed by atoms with van der Waals surface area (Å²) in [5.74, 6) is -0.127. The van der Waals surface area contributed by atoms with E-state index >= 15 is 0 Å². The van der Waals surface area contributed by atoms with Crippen LogP contribution in [-0.2, 0) is 0 Å². The lowest BCUT2D eigenvalue weighted by Gasteiger charge is -2.26. The first-order valence-corrected chi connectivity index (χ1v) is 9.31. The number of hydrogen-bond donors (Lipinski definition) is 1.